The van der Waals surface area contributed by atoms with E-state index in [-0.39, 0.29) is 29.2 Å². The third-order valence-electron chi connectivity index (χ3n) is 4.01. The van der Waals surface area contributed by atoms with Gasteiger partial charge in [0.05, 0.1) is 22.5 Å². The summed E-state index contributed by atoms with van der Waals surface area (Å²) in [5.41, 5.74) is 0.755. The maximum Gasteiger partial charge on any atom is 0.279 e. The standard InChI is InChI=1S/C16H19N3O4/c1-10-7-18(8-11(2)23-10)9-12-6-14(19(21)22)13-4-3-5-17-15(13)16(12)20/h3-6,10-11,20H,7-9H2,1-2H3. The number of morpholine rings is 1. The molecule has 1 saturated heterocycles. The van der Waals surface area contributed by atoms with E-state index in [9.17, 15) is 15.2 Å². The fourth-order valence-corrected chi connectivity index (χ4v) is 3.19. The number of rotatable bonds is 3. The summed E-state index contributed by atoms with van der Waals surface area (Å²) in [5.74, 6) is 0.0120. The molecule has 7 nitrogen and oxygen atoms in total. The molecule has 1 aliphatic rings. The van der Waals surface area contributed by atoms with Crippen LogP contribution in [0.25, 0.3) is 10.9 Å². The van der Waals surface area contributed by atoms with Crippen molar-refractivity contribution in [3.63, 3.8) is 0 Å². The molecule has 1 aromatic carbocycles. The van der Waals surface area contributed by atoms with E-state index in [1.165, 1.54) is 12.3 Å². The molecular weight excluding hydrogens is 298 g/mol. The summed E-state index contributed by atoms with van der Waals surface area (Å²) in [7, 11) is 0. The average molecular weight is 317 g/mol. The number of fused-ring (bicyclic) bond motifs is 1. The van der Waals surface area contributed by atoms with Crippen molar-refractivity contribution in [1.29, 1.82) is 0 Å². The molecule has 0 spiro atoms. The van der Waals surface area contributed by atoms with Crippen molar-refractivity contribution in [1.82, 2.24) is 9.88 Å². The highest BCUT2D eigenvalue weighted by Crippen LogP contribution is 2.35. The van der Waals surface area contributed by atoms with Gasteiger partial charge in [0.15, 0.2) is 0 Å². The summed E-state index contributed by atoms with van der Waals surface area (Å²) in [6.07, 6.45) is 1.71. The first-order valence-electron chi connectivity index (χ1n) is 7.57. The van der Waals surface area contributed by atoms with Gasteiger partial charge in [0.1, 0.15) is 11.3 Å². The molecule has 1 aromatic heterocycles. The van der Waals surface area contributed by atoms with E-state index in [0.29, 0.717) is 17.5 Å². The number of aromatic hydroxyl groups is 1. The molecular formula is C16H19N3O4. The minimum absolute atomic E-state index is 0.0120. The number of phenols is 1. The lowest BCUT2D eigenvalue weighted by atomic mass is 10.1. The van der Waals surface area contributed by atoms with Gasteiger partial charge in [-0.15, -0.1) is 0 Å². The van der Waals surface area contributed by atoms with E-state index < -0.39 is 4.92 Å². The van der Waals surface area contributed by atoms with E-state index in [1.807, 2.05) is 13.8 Å². The SMILES string of the molecule is CC1CN(Cc2cc([N+](=O)[O-])c3cccnc3c2O)CC(C)O1. The normalized spacial score (nSPS) is 22.3. The zero-order valence-corrected chi connectivity index (χ0v) is 13.1. The number of nitrogens with zero attached hydrogens (tertiary/aromatic N) is 3. The molecule has 1 aliphatic heterocycles. The van der Waals surface area contributed by atoms with E-state index in [1.54, 1.807) is 12.1 Å². The Hall–Kier alpha value is -2.25. The van der Waals surface area contributed by atoms with Crippen molar-refractivity contribution >= 4 is 16.6 Å². The van der Waals surface area contributed by atoms with Crippen LogP contribution in [0.1, 0.15) is 19.4 Å². The number of ether oxygens (including phenoxy) is 1. The maximum atomic E-state index is 11.3. The first-order valence-corrected chi connectivity index (χ1v) is 7.57. The van der Waals surface area contributed by atoms with Crippen LogP contribution < -0.4 is 0 Å². The van der Waals surface area contributed by atoms with Crippen molar-refractivity contribution < 1.29 is 14.8 Å². The van der Waals surface area contributed by atoms with Crippen molar-refractivity contribution in [2.24, 2.45) is 0 Å². The van der Waals surface area contributed by atoms with Crippen molar-refractivity contribution in [3.8, 4) is 5.75 Å². The molecule has 0 radical (unpaired) electrons. The molecule has 2 unspecified atom stereocenters. The molecule has 2 aromatic rings. The van der Waals surface area contributed by atoms with Gasteiger partial charge in [-0.05, 0) is 26.0 Å². The van der Waals surface area contributed by atoms with E-state index >= 15 is 0 Å². The molecule has 2 heterocycles. The highest BCUT2D eigenvalue weighted by Gasteiger charge is 2.25. The predicted molar refractivity (Wildman–Crippen MR) is 85.3 cm³/mol. The van der Waals surface area contributed by atoms with Gasteiger partial charge in [0.2, 0.25) is 0 Å². The zero-order valence-electron chi connectivity index (χ0n) is 13.1. The second kappa shape index (κ2) is 6.10. The number of benzene rings is 1. The number of aromatic nitrogens is 1. The lowest BCUT2D eigenvalue weighted by molar-refractivity contribution is -0.383. The minimum Gasteiger partial charge on any atom is -0.505 e. The Labute approximate surface area is 133 Å². The number of pyridine rings is 1. The van der Waals surface area contributed by atoms with Gasteiger partial charge >= 0.3 is 0 Å². The predicted octanol–water partition coefficient (Wildman–Crippen LogP) is 2.46. The van der Waals surface area contributed by atoms with Crippen LogP contribution in [0.2, 0.25) is 0 Å². The molecule has 3 rings (SSSR count). The van der Waals surface area contributed by atoms with Crippen LogP contribution in [0.5, 0.6) is 5.75 Å². The Kier molecular flexibility index (Phi) is 4.14. The topological polar surface area (TPSA) is 88.7 Å². The van der Waals surface area contributed by atoms with Crippen LogP contribution in [0.4, 0.5) is 5.69 Å². The molecule has 1 N–H and O–H groups in total. The lowest BCUT2D eigenvalue weighted by Gasteiger charge is -2.35. The molecule has 0 bridgehead atoms. The largest absolute Gasteiger partial charge is 0.505 e. The fraction of sp³-hybridized carbons (Fsp3) is 0.438. The van der Waals surface area contributed by atoms with Gasteiger partial charge in [-0.2, -0.15) is 0 Å². The number of non-ortho nitro benzene ring substituents is 1. The first kappa shape index (κ1) is 15.6. The van der Waals surface area contributed by atoms with Gasteiger partial charge in [0, 0.05) is 37.5 Å². The molecule has 122 valence electrons. The Bertz CT molecular complexity index is 739. The van der Waals surface area contributed by atoms with Gasteiger partial charge in [-0.1, -0.05) is 0 Å². The Balaban J connectivity index is 2.00. The van der Waals surface area contributed by atoms with Crippen molar-refractivity contribution in [2.75, 3.05) is 13.1 Å². The summed E-state index contributed by atoms with van der Waals surface area (Å²) < 4.78 is 5.69. The number of phenolic OH excluding ortho intramolecular Hbond substituents is 1. The molecule has 0 saturated carbocycles. The molecule has 7 heteroatoms. The summed E-state index contributed by atoms with van der Waals surface area (Å²) >= 11 is 0. The van der Waals surface area contributed by atoms with Gasteiger partial charge < -0.3 is 9.84 Å². The van der Waals surface area contributed by atoms with Crippen LogP contribution >= 0.6 is 0 Å². The highest BCUT2D eigenvalue weighted by atomic mass is 16.6. The average Bonchev–Trinajstić information content (AvgIpc) is 2.49. The third-order valence-corrected chi connectivity index (χ3v) is 4.01. The summed E-state index contributed by atoms with van der Waals surface area (Å²) in [6, 6.07) is 4.67. The molecule has 1 fully saturated rings. The van der Waals surface area contributed by atoms with Gasteiger partial charge in [0.25, 0.3) is 5.69 Å². The quantitative estimate of drug-likeness (QED) is 0.691. The smallest absolute Gasteiger partial charge is 0.279 e. The monoisotopic (exact) mass is 317 g/mol. The Morgan fingerprint density at radius 1 is 1.43 bits per heavy atom. The minimum atomic E-state index is -0.433. The second-order valence-electron chi connectivity index (χ2n) is 6.01. The highest BCUT2D eigenvalue weighted by molar-refractivity contribution is 5.93. The second-order valence-corrected chi connectivity index (χ2v) is 6.01. The number of hydrogen-bond donors (Lipinski definition) is 1. The first-order chi connectivity index (χ1) is 11.0. The number of hydrogen-bond acceptors (Lipinski definition) is 6. The summed E-state index contributed by atoms with van der Waals surface area (Å²) in [4.78, 5) is 17.1. The third kappa shape index (κ3) is 3.11. The number of nitro groups is 1. The van der Waals surface area contributed by atoms with E-state index in [4.69, 9.17) is 4.74 Å². The van der Waals surface area contributed by atoms with Crippen LogP contribution in [0.15, 0.2) is 24.4 Å². The van der Waals surface area contributed by atoms with Gasteiger partial charge in [-0.3, -0.25) is 20.0 Å². The van der Waals surface area contributed by atoms with E-state index in [2.05, 4.69) is 9.88 Å². The Morgan fingerprint density at radius 3 is 2.78 bits per heavy atom. The van der Waals surface area contributed by atoms with Gasteiger partial charge in [-0.25, -0.2) is 0 Å². The lowest BCUT2D eigenvalue weighted by Crippen LogP contribution is -2.44. The van der Waals surface area contributed by atoms with Crippen LogP contribution in [0.3, 0.4) is 0 Å². The fourth-order valence-electron chi connectivity index (χ4n) is 3.19. The number of nitro benzene ring substituents is 1. The maximum absolute atomic E-state index is 11.3. The summed E-state index contributed by atoms with van der Waals surface area (Å²) in [5, 5.41) is 22.2. The van der Waals surface area contributed by atoms with Crippen LogP contribution in [-0.4, -0.2) is 45.2 Å². The van der Waals surface area contributed by atoms with Crippen LogP contribution in [0, 0.1) is 10.1 Å². The Morgan fingerprint density at radius 2 is 2.13 bits per heavy atom. The van der Waals surface area contributed by atoms with Crippen molar-refractivity contribution in [3.05, 3.63) is 40.1 Å². The van der Waals surface area contributed by atoms with E-state index in [0.717, 1.165) is 13.1 Å². The van der Waals surface area contributed by atoms with Crippen molar-refractivity contribution in [2.45, 2.75) is 32.6 Å². The van der Waals surface area contributed by atoms with Crippen LogP contribution in [-0.2, 0) is 11.3 Å². The molecule has 0 amide bonds. The molecule has 23 heavy (non-hydrogen) atoms. The zero-order chi connectivity index (χ0) is 16.6. The summed E-state index contributed by atoms with van der Waals surface area (Å²) in [6.45, 7) is 5.85. The molecule has 2 atom stereocenters. The molecule has 0 aliphatic carbocycles.